The molecule has 0 fully saturated rings. The number of aromatic nitrogens is 2. The van der Waals surface area contributed by atoms with Gasteiger partial charge in [-0.15, -0.1) is 0 Å². The molecule has 0 unspecified atom stereocenters. The number of benzene rings is 1. The number of aromatic carboxylic acids is 1. The van der Waals surface area contributed by atoms with Crippen LogP contribution in [0.25, 0.3) is 22.2 Å². The molecule has 0 radical (unpaired) electrons. The summed E-state index contributed by atoms with van der Waals surface area (Å²) >= 11 is 0. The molecule has 0 saturated heterocycles. The summed E-state index contributed by atoms with van der Waals surface area (Å²) in [6.07, 6.45) is 1.37. The zero-order chi connectivity index (χ0) is 20.9. The number of aromatic amines is 2. The number of pyridine rings is 1. The van der Waals surface area contributed by atoms with E-state index in [4.69, 9.17) is 0 Å². The maximum absolute atomic E-state index is 12.3. The van der Waals surface area contributed by atoms with Gasteiger partial charge in [0, 0.05) is 46.9 Å². The lowest BCUT2D eigenvalue weighted by Crippen LogP contribution is -2.35. The number of carboxylic acid groups (broad SMARTS) is 1. The van der Waals surface area contributed by atoms with Crippen LogP contribution in [-0.2, 0) is 19.4 Å². The average Bonchev–Trinajstić information content (AvgIpc) is 3.04. The van der Waals surface area contributed by atoms with E-state index in [9.17, 15) is 19.8 Å². The third-order valence-electron chi connectivity index (χ3n) is 5.88. The van der Waals surface area contributed by atoms with Crippen LogP contribution in [0.1, 0.15) is 48.0 Å². The van der Waals surface area contributed by atoms with Crippen molar-refractivity contribution in [3.8, 4) is 17.0 Å². The second-order valence-corrected chi connectivity index (χ2v) is 7.85. The van der Waals surface area contributed by atoms with Gasteiger partial charge in [0.15, 0.2) is 5.56 Å². The highest BCUT2D eigenvalue weighted by molar-refractivity contribution is 5.93. The van der Waals surface area contributed by atoms with Gasteiger partial charge in [-0.2, -0.15) is 0 Å². The van der Waals surface area contributed by atoms with E-state index >= 15 is 0 Å². The lowest BCUT2D eigenvalue weighted by Gasteiger charge is -2.30. The number of fused-ring (bicyclic) bond motifs is 3. The normalized spacial score (nSPS) is 14.5. The highest BCUT2D eigenvalue weighted by Gasteiger charge is 2.24. The molecule has 7 heteroatoms. The quantitative estimate of drug-likeness (QED) is 0.542. The van der Waals surface area contributed by atoms with Gasteiger partial charge in [-0.3, -0.25) is 9.69 Å². The van der Waals surface area contributed by atoms with Crippen molar-refractivity contribution in [1.82, 2.24) is 14.9 Å². The van der Waals surface area contributed by atoms with Crippen molar-refractivity contribution in [3.63, 3.8) is 0 Å². The molecule has 0 aliphatic carbocycles. The van der Waals surface area contributed by atoms with Gasteiger partial charge in [-0.1, -0.05) is 19.1 Å². The minimum absolute atomic E-state index is 0.390. The number of nitrogens with zero attached hydrogens (tertiary/aromatic N) is 1. The first-order valence-corrected chi connectivity index (χ1v) is 9.91. The molecule has 4 rings (SSSR count). The monoisotopic (exact) mass is 395 g/mol. The number of rotatable bonds is 4. The Bertz CT molecular complexity index is 1170. The van der Waals surface area contributed by atoms with Crippen LogP contribution in [0.15, 0.2) is 23.0 Å². The fourth-order valence-corrected chi connectivity index (χ4v) is 4.28. The summed E-state index contributed by atoms with van der Waals surface area (Å²) < 4.78 is 0. The topological polar surface area (TPSA) is 109 Å². The molecular weight excluding hydrogens is 370 g/mol. The fourth-order valence-electron chi connectivity index (χ4n) is 4.28. The van der Waals surface area contributed by atoms with E-state index in [1.165, 1.54) is 16.6 Å². The van der Waals surface area contributed by atoms with Gasteiger partial charge >= 0.3 is 5.97 Å². The molecule has 1 aliphatic rings. The summed E-state index contributed by atoms with van der Waals surface area (Å²) in [4.78, 5) is 32.2. The number of H-pyrrole nitrogens is 2. The highest BCUT2D eigenvalue weighted by Crippen LogP contribution is 2.34. The summed E-state index contributed by atoms with van der Waals surface area (Å²) in [5, 5.41) is 20.8. The second-order valence-electron chi connectivity index (χ2n) is 7.85. The van der Waals surface area contributed by atoms with Crippen LogP contribution in [-0.4, -0.2) is 43.6 Å². The Morgan fingerprint density at radius 3 is 2.69 bits per heavy atom. The van der Waals surface area contributed by atoms with Crippen molar-refractivity contribution in [1.29, 1.82) is 0 Å². The molecule has 29 heavy (non-hydrogen) atoms. The number of aromatic hydroxyl groups is 1. The first-order chi connectivity index (χ1) is 13.8. The van der Waals surface area contributed by atoms with Gasteiger partial charge in [-0.25, -0.2) is 4.79 Å². The summed E-state index contributed by atoms with van der Waals surface area (Å²) in [5.41, 5.74) is 3.71. The van der Waals surface area contributed by atoms with Crippen molar-refractivity contribution in [2.24, 2.45) is 0 Å². The van der Waals surface area contributed by atoms with E-state index in [1.807, 2.05) is 25.1 Å². The molecule has 0 saturated carbocycles. The molecular formula is C22H25N3O4. The first kappa shape index (κ1) is 19.3. The average molecular weight is 395 g/mol. The largest absolute Gasteiger partial charge is 0.506 e. The van der Waals surface area contributed by atoms with Gasteiger partial charge in [0.2, 0.25) is 0 Å². The van der Waals surface area contributed by atoms with Gasteiger partial charge in [0.1, 0.15) is 5.75 Å². The fraction of sp³-hybridized carbons (Fsp3) is 0.364. The minimum Gasteiger partial charge on any atom is -0.506 e. The van der Waals surface area contributed by atoms with E-state index < -0.39 is 22.8 Å². The highest BCUT2D eigenvalue weighted by atomic mass is 16.4. The van der Waals surface area contributed by atoms with Gasteiger partial charge < -0.3 is 20.2 Å². The summed E-state index contributed by atoms with van der Waals surface area (Å²) in [6.45, 7) is 8.11. The standard InChI is InChI=1S/C22H25N3O4/c1-4-13-19(24-21(27)18(20(13)26)22(28)29)12-5-6-14-15-7-8-25(11(2)3)10-17(15)23-16(14)9-12/h5-6,9,11,23H,4,7-8,10H2,1-3H3,(H,28,29)(H2,24,26,27). The zero-order valence-electron chi connectivity index (χ0n) is 16.8. The van der Waals surface area contributed by atoms with E-state index in [0.717, 1.165) is 30.6 Å². The predicted molar refractivity (Wildman–Crippen MR) is 112 cm³/mol. The lowest BCUT2D eigenvalue weighted by atomic mass is 9.98. The van der Waals surface area contributed by atoms with Crippen molar-refractivity contribution < 1.29 is 15.0 Å². The first-order valence-electron chi connectivity index (χ1n) is 9.91. The molecule has 7 nitrogen and oxygen atoms in total. The van der Waals surface area contributed by atoms with Crippen LogP contribution in [0, 0.1) is 0 Å². The second kappa shape index (κ2) is 7.08. The van der Waals surface area contributed by atoms with E-state index in [0.29, 0.717) is 23.7 Å². The molecule has 152 valence electrons. The Balaban J connectivity index is 1.84. The molecule has 3 heterocycles. The predicted octanol–water partition coefficient (Wildman–Crippen LogP) is 3.26. The maximum Gasteiger partial charge on any atom is 0.345 e. The Labute approximate surface area is 168 Å². The molecule has 3 aromatic rings. The van der Waals surface area contributed by atoms with Crippen LogP contribution in [0.4, 0.5) is 0 Å². The van der Waals surface area contributed by atoms with Crippen molar-refractivity contribution in [3.05, 3.63) is 50.9 Å². The van der Waals surface area contributed by atoms with Crippen molar-refractivity contribution in [2.45, 2.75) is 46.2 Å². The van der Waals surface area contributed by atoms with Crippen LogP contribution in [0.3, 0.4) is 0 Å². The number of carboxylic acids is 1. The number of hydrogen-bond donors (Lipinski definition) is 4. The molecule has 0 bridgehead atoms. The van der Waals surface area contributed by atoms with Crippen molar-refractivity contribution in [2.75, 3.05) is 6.54 Å². The Morgan fingerprint density at radius 2 is 2.03 bits per heavy atom. The van der Waals surface area contributed by atoms with Crippen LogP contribution in [0.2, 0.25) is 0 Å². The third-order valence-corrected chi connectivity index (χ3v) is 5.88. The molecule has 0 spiro atoms. The van der Waals surface area contributed by atoms with Crippen molar-refractivity contribution >= 4 is 16.9 Å². The number of carbonyl (C=O) groups is 1. The van der Waals surface area contributed by atoms with Crippen LogP contribution < -0.4 is 5.56 Å². The SMILES string of the molecule is CCc1c(-c2ccc3c4c([nH]c3c2)CN(C(C)C)CC4)[nH]c(=O)c(C(=O)O)c1O. The Morgan fingerprint density at radius 1 is 1.28 bits per heavy atom. The van der Waals surface area contributed by atoms with Gasteiger partial charge in [-0.05, 0) is 38.3 Å². The molecule has 0 amide bonds. The molecule has 0 atom stereocenters. The summed E-state index contributed by atoms with van der Waals surface area (Å²) in [7, 11) is 0. The molecule has 2 aromatic heterocycles. The summed E-state index contributed by atoms with van der Waals surface area (Å²) in [5.74, 6) is -1.90. The minimum atomic E-state index is -1.44. The number of nitrogens with one attached hydrogen (secondary N) is 2. The van der Waals surface area contributed by atoms with Crippen LogP contribution >= 0.6 is 0 Å². The van der Waals surface area contributed by atoms with Gasteiger partial charge in [0.05, 0.1) is 5.69 Å². The van der Waals surface area contributed by atoms with E-state index in [1.54, 1.807) is 0 Å². The smallest absolute Gasteiger partial charge is 0.345 e. The summed E-state index contributed by atoms with van der Waals surface area (Å²) in [6, 6.07) is 6.39. The Kier molecular flexibility index (Phi) is 4.70. The molecule has 4 N–H and O–H groups in total. The van der Waals surface area contributed by atoms with E-state index in [-0.39, 0.29) is 0 Å². The van der Waals surface area contributed by atoms with Crippen LogP contribution in [0.5, 0.6) is 5.75 Å². The van der Waals surface area contributed by atoms with Gasteiger partial charge in [0.25, 0.3) is 5.56 Å². The molecule has 1 aliphatic heterocycles. The number of hydrogen-bond acceptors (Lipinski definition) is 4. The third kappa shape index (κ3) is 3.11. The lowest BCUT2D eigenvalue weighted by molar-refractivity contribution is 0.0691. The van der Waals surface area contributed by atoms with E-state index in [2.05, 4.69) is 28.7 Å². The Hall–Kier alpha value is -3.06. The molecule has 1 aromatic carbocycles. The maximum atomic E-state index is 12.3. The zero-order valence-corrected chi connectivity index (χ0v) is 16.8.